The van der Waals surface area contributed by atoms with Gasteiger partial charge in [-0.3, -0.25) is 19.3 Å². The summed E-state index contributed by atoms with van der Waals surface area (Å²) < 4.78 is 4.74. The third-order valence-corrected chi connectivity index (χ3v) is 6.17. The maximum absolute atomic E-state index is 12.6. The van der Waals surface area contributed by atoms with Crippen LogP contribution in [-0.4, -0.2) is 53.8 Å². The predicted octanol–water partition coefficient (Wildman–Crippen LogP) is 1.98. The molecule has 2 aliphatic heterocycles. The number of benzene rings is 1. The van der Waals surface area contributed by atoms with Crippen molar-refractivity contribution in [3.05, 3.63) is 51.4 Å². The molecule has 10 heteroatoms. The van der Waals surface area contributed by atoms with Gasteiger partial charge in [-0.25, -0.2) is 4.79 Å². The lowest BCUT2D eigenvalue weighted by Crippen LogP contribution is -2.37. The van der Waals surface area contributed by atoms with Crippen LogP contribution in [-0.2, 0) is 22.5 Å². The Hall–Kier alpha value is -3.71. The molecule has 3 heterocycles. The zero-order chi connectivity index (χ0) is 21.4. The Morgan fingerprint density at radius 3 is 2.50 bits per heavy atom. The second-order valence-electron chi connectivity index (χ2n) is 6.75. The van der Waals surface area contributed by atoms with Crippen molar-refractivity contribution in [2.45, 2.75) is 13.0 Å². The van der Waals surface area contributed by atoms with Crippen molar-refractivity contribution in [3.8, 4) is 6.07 Å². The molecular weight excluding hydrogens is 408 g/mol. The van der Waals surface area contributed by atoms with Gasteiger partial charge in [0.15, 0.2) is 0 Å². The number of imide groups is 1. The molecule has 1 N–H and O–H groups in total. The van der Waals surface area contributed by atoms with E-state index in [1.54, 1.807) is 24.3 Å². The second kappa shape index (κ2) is 7.61. The van der Waals surface area contributed by atoms with Crippen molar-refractivity contribution in [2.75, 3.05) is 25.5 Å². The van der Waals surface area contributed by atoms with Crippen molar-refractivity contribution >= 4 is 40.2 Å². The normalized spacial score (nSPS) is 14.8. The summed E-state index contributed by atoms with van der Waals surface area (Å²) in [4.78, 5) is 52.4. The molecule has 0 saturated carbocycles. The monoisotopic (exact) mass is 424 g/mol. The molecular formula is C20H16N4O5S. The zero-order valence-electron chi connectivity index (χ0n) is 15.9. The van der Waals surface area contributed by atoms with Crippen LogP contribution in [0.1, 0.15) is 36.7 Å². The molecule has 0 radical (unpaired) electrons. The number of carbonyl (C=O) groups excluding carboxylic acids is 4. The van der Waals surface area contributed by atoms with Crippen LogP contribution in [0.15, 0.2) is 24.3 Å². The smallest absolute Gasteiger partial charge is 0.409 e. The van der Waals surface area contributed by atoms with Crippen molar-refractivity contribution in [3.63, 3.8) is 0 Å². The molecule has 0 spiro atoms. The molecule has 152 valence electrons. The Balaban J connectivity index is 1.50. The lowest BCUT2D eigenvalue weighted by Gasteiger charge is -2.25. The molecule has 30 heavy (non-hydrogen) atoms. The number of nitriles is 1. The third-order valence-electron chi connectivity index (χ3n) is 5.03. The van der Waals surface area contributed by atoms with Gasteiger partial charge in [-0.15, -0.1) is 11.3 Å². The van der Waals surface area contributed by atoms with Crippen LogP contribution in [0.25, 0.3) is 0 Å². The van der Waals surface area contributed by atoms with Gasteiger partial charge >= 0.3 is 6.09 Å². The molecule has 9 nitrogen and oxygen atoms in total. The number of anilines is 1. The number of hydrogen-bond donors (Lipinski definition) is 1. The molecule has 4 rings (SSSR count). The number of nitrogens with one attached hydrogen (secondary N) is 1. The van der Waals surface area contributed by atoms with E-state index in [1.165, 1.54) is 23.3 Å². The summed E-state index contributed by atoms with van der Waals surface area (Å²) in [6, 6.07) is 8.50. The Morgan fingerprint density at radius 1 is 1.23 bits per heavy atom. The van der Waals surface area contributed by atoms with Crippen molar-refractivity contribution in [1.29, 1.82) is 5.26 Å². The van der Waals surface area contributed by atoms with Gasteiger partial charge in [0.05, 0.1) is 30.3 Å². The average molecular weight is 424 g/mol. The minimum Gasteiger partial charge on any atom is -0.453 e. The molecule has 0 fully saturated rings. The molecule has 4 amide bonds. The summed E-state index contributed by atoms with van der Waals surface area (Å²) in [7, 11) is 1.30. The highest BCUT2D eigenvalue weighted by molar-refractivity contribution is 7.16. The summed E-state index contributed by atoms with van der Waals surface area (Å²) in [6.45, 7) is 0.247. The molecule has 2 aliphatic rings. The average Bonchev–Trinajstić information content (AvgIpc) is 3.22. The van der Waals surface area contributed by atoms with Gasteiger partial charge in [-0.1, -0.05) is 12.1 Å². The first-order valence-electron chi connectivity index (χ1n) is 9.07. The summed E-state index contributed by atoms with van der Waals surface area (Å²) in [5, 5.41) is 12.6. The van der Waals surface area contributed by atoms with Crippen LogP contribution < -0.4 is 5.32 Å². The SMILES string of the molecule is COC(=O)N1CCc2c(sc(NC(=O)CN3C(=O)c4ccccc4C3=O)c2C#N)C1. The van der Waals surface area contributed by atoms with E-state index in [2.05, 4.69) is 11.4 Å². The lowest BCUT2D eigenvalue weighted by atomic mass is 10.0. The number of methoxy groups -OCH3 is 1. The van der Waals surface area contributed by atoms with E-state index in [0.29, 0.717) is 23.5 Å². The van der Waals surface area contributed by atoms with Crippen LogP contribution >= 0.6 is 11.3 Å². The minimum atomic E-state index is -0.579. The van der Waals surface area contributed by atoms with Crippen molar-refractivity contribution in [2.24, 2.45) is 0 Å². The summed E-state index contributed by atoms with van der Waals surface area (Å²) in [5.41, 5.74) is 1.67. The van der Waals surface area contributed by atoms with Gasteiger partial charge in [0.25, 0.3) is 11.8 Å². The number of ether oxygens (including phenoxy) is 1. The van der Waals surface area contributed by atoms with Crippen LogP contribution in [0, 0.1) is 11.3 Å². The van der Waals surface area contributed by atoms with Crippen LogP contribution in [0.2, 0.25) is 0 Å². The molecule has 0 atom stereocenters. The lowest BCUT2D eigenvalue weighted by molar-refractivity contribution is -0.116. The number of thiophene rings is 1. The van der Waals surface area contributed by atoms with Crippen LogP contribution in [0.4, 0.5) is 9.80 Å². The van der Waals surface area contributed by atoms with Gasteiger partial charge in [-0.05, 0) is 24.1 Å². The van der Waals surface area contributed by atoms with Gasteiger partial charge in [0.1, 0.15) is 17.6 Å². The highest BCUT2D eigenvalue weighted by atomic mass is 32.1. The fourth-order valence-electron chi connectivity index (χ4n) is 3.59. The number of nitrogens with zero attached hydrogens (tertiary/aromatic N) is 3. The Labute approximate surface area is 175 Å². The number of rotatable bonds is 3. The van der Waals surface area contributed by atoms with E-state index < -0.39 is 30.4 Å². The third kappa shape index (κ3) is 3.19. The zero-order valence-corrected chi connectivity index (χ0v) is 16.7. The summed E-state index contributed by atoms with van der Waals surface area (Å²) >= 11 is 1.20. The number of hydrogen-bond acceptors (Lipinski definition) is 7. The fourth-order valence-corrected chi connectivity index (χ4v) is 4.82. The van der Waals surface area contributed by atoms with E-state index in [1.807, 2.05) is 0 Å². The number of carbonyl (C=O) groups is 4. The molecule has 2 aromatic rings. The molecule has 0 unspecified atom stereocenters. The molecule has 0 bridgehead atoms. The number of fused-ring (bicyclic) bond motifs is 2. The van der Waals surface area contributed by atoms with E-state index >= 15 is 0 Å². The molecule has 0 aliphatic carbocycles. The first-order chi connectivity index (χ1) is 14.4. The summed E-state index contributed by atoms with van der Waals surface area (Å²) in [5.74, 6) is -1.62. The standard InChI is InChI=1S/C20H16N4O5S/c1-29-20(28)23-7-6-11-14(8-21)17(30-15(11)9-23)22-16(25)10-24-18(26)12-4-2-3-5-13(12)19(24)27/h2-5H,6-7,9-10H2,1H3,(H,22,25). The highest BCUT2D eigenvalue weighted by Crippen LogP contribution is 2.37. The maximum atomic E-state index is 12.6. The summed E-state index contributed by atoms with van der Waals surface area (Å²) in [6.07, 6.45) is 0.0155. The van der Waals surface area contributed by atoms with Crippen LogP contribution in [0.3, 0.4) is 0 Å². The van der Waals surface area contributed by atoms with E-state index in [9.17, 15) is 24.4 Å². The van der Waals surface area contributed by atoms with Crippen LogP contribution in [0.5, 0.6) is 0 Å². The van der Waals surface area contributed by atoms with E-state index in [-0.39, 0.29) is 17.7 Å². The first kappa shape index (κ1) is 19.6. The first-order valence-corrected chi connectivity index (χ1v) is 9.88. The maximum Gasteiger partial charge on any atom is 0.409 e. The van der Waals surface area contributed by atoms with Gasteiger partial charge in [-0.2, -0.15) is 5.26 Å². The Bertz CT molecular complexity index is 1100. The quantitative estimate of drug-likeness (QED) is 0.753. The van der Waals surface area contributed by atoms with E-state index in [0.717, 1.165) is 15.3 Å². The predicted molar refractivity (Wildman–Crippen MR) is 106 cm³/mol. The molecule has 1 aromatic heterocycles. The van der Waals surface area contributed by atoms with Crippen molar-refractivity contribution < 1.29 is 23.9 Å². The minimum absolute atomic E-state index is 0.266. The highest BCUT2D eigenvalue weighted by Gasteiger charge is 2.36. The Morgan fingerprint density at radius 2 is 1.90 bits per heavy atom. The Kier molecular flexibility index (Phi) is 4.97. The largest absolute Gasteiger partial charge is 0.453 e. The van der Waals surface area contributed by atoms with E-state index in [4.69, 9.17) is 4.74 Å². The van der Waals surface area contributed by atoms with Crippen molar-refractivity contribution in [1.82, 2.24) is 9.80 Å². The molecule has 1 aromatic carbocycles. The fraction of sp³-hybridized carbons (Fsp3) is 0.250. The molecule has 0 saturated heterocycles. The topological polar surface area (TPSA) is 120 Å². The van der Waals surface area contributed by atoms with Gasteiger partial charge in [0.2, 0.25) is 5.91 Å². The van der Waals surface area contributed by atoms with Gasteiger partial charge in [0, 0.05) is 11.4 Å². The number of amides is 4. The second-order valence-corrected chi connectivity index (χ2v) is 7.86. The van der Waals surface area contributed by atoms with Gasteiger partial charge < -0.3 is 15.0 Å².